The van der Waals surface area contributed by atoms with E-state index in [-0.39, 0.29) is 6.10 Å². The second-order valence-corrected chi connectivity index (χ2v) is 6.92. The van der Waals surface area contributed by atoms with Crippen LogP contribution in [0.4, 0.5) is 0 Å². The molecule has 0 aromatic heterocycles. The molecule has 1 heterocycles. The number of likely N-dealkylation sites (tertiary alicyclic amines) is 1. The van der Waals surface area contributed by atoms with Crippen molar-refractivity contribution in [1.29, 1.82) is 0 Å². The Balaban J connectivity index is 1.30. The third kappa shape index (κ3) is 2.14. The number of aryl methyl sites for hydroxylation is 1. The Morgan fingerprint density at radius 1 is 1.33 bits per heavy atom. The van der Waals surface area contributed by atoms with Crippen molar-refractivity contribution in [3.63, 3.8) is 0 Å². The van der Waals surface area contributed by atoms with Crippen LogP contribution in [0.25, 0.3) is 0 Å². The normalized spacial score (nSPS) is 26.1. The summed E-state index contributed by atoms with van der Waals surface area (Å²) in [6.07, 6.45) is 6.19. The van der Waals surface area contributed by atoms with Crippen LogP contribution in [-0.4, -0.2) is 30.0 Å². The van der Waals surface area contributed by atoms with Gasteiger partial charge in [-0.05, 0) is 42.7 Å². The summed E-state index contributed by atoms with van der Waals surface area (Å²) in [5, 5.41) is 0. The second kappa shape index (κ2) is 4.75. The molecule has 2 saturated carbocycles. The topological polar surface area (TPSA) is 29.5 Å². The number of carbonyl (C=O) groups excluding carboxylic acids is 1. The minimum Gasteiger partial charge on any atom is -0.486 e. The van der Waals surface area contributed by atoms with E-state index < -0.39 is 0 Å². The summed E-state index contributed by atoms with van der Waals surface area (Å²) in [6.45, 7) is 3.68. The lowest BCUT2D eigenvalue weighted by molar-refractivity contribution is -0.142. The second-order valence-electron chi connectivity index (χ2n) is 6.92. The highest BCUT2D eigenvalue weighted by molar-refractivity contribution is 5.83. The Morgan fingerprint density at radius 3 is 2.71 bits per heavy atom. The van der Waals surface area contributed by atoms with Crippen LogP contribution in [0, 0.1) is 11.3 Å². The highest BCUT2D eigenvalue weighted by atomic mass is 16.5. The fourth-order valence-electron chi connectivity index (χ4n) is 3.88. The SMILES string of the molecule is CCc1ccccc1OC1CN(C(=O)[C@@H]2CC23CCC3)C1. The molecule has 1 saturated heterocycles. The van der Waals surface area contributed by atoms with Crippen LogP contribution in [0.15, 0.2) is 24.3 Å². The minimum absolute atomic E-state index is 0.178. The first-order valence-electron chi connectivity index (χ1n) is 8.25. The van der Waals surface area contributed by atoms with Crippen molar-refractivity contribution in [1.82, 2.24) is 4.90 Å². The predicted molar refractivity (Wildman–Crippen MR) is 81.2 cm³/mol. The third-order valence-electron chi connectivity index (χ3n) is 5.64. The molecule has 2 aliphatic carbocycles. The van der Waals surface area contributed by atoms with Gasteiger partial charge in [0.1, 0.15) is 11.9 Å². The highest BCUT2D eigenvalue weighted by Crippen LogP contribution is 2.66. The lowest BCUT2D eigenvalue weighted by Crippen LogP contribution is -2.57. The van der Waals surface area contributed by atoms with Crippen LogP contribution in [0.3, 0.4) is 0 Å². The number of amides is 1. The summed E-state index contributed by atoms with van der Waals surface area (Å²) >= 11 is 0. The molecule has 1 aromatic rings. The fourth-order valence-corrected chi connectivity index (χ4v) is 3.88. The molecule has 4 rings (SSSR count). The fraction of sp³-hybridized carbons (Fsp3) is 0.611. The summed E-state index contributed by atoms with van der Waals surface area (Å²) in [6, 6.07) is 8.21. The molecule has 1 spiro atoms. The first-order chi connectivity index (χ1) is 10.2. The average molecular weight is 285 g/mol. The molecule has 1 aliphatic heterocycles. The van der Waals surface area contributed by atoms with E-state index in [1.807, 2.05) is 23.1 Å². The van der Waals surface area contributed by atoms with Crippen molar-refractivity contribution in [2.45, 2.75) is 45.1 Å². The zero-order valence-corrected chi connectivity index (χ0v) is 12.7. The minimum atomic E-state index is 0.178. The van der Waals surface area contributed by atoms with E-state index in [0.29, 0.717) is 17.2 Å². The average Bonchev–Trinajstić information content (AvgIpc) is 3.18. The van der Waals surface area contributed by atoms with E-state index in [0.717, 1.165) is 31.7 Å². The molecule has 0 N–H and O–H groups in total. The van der Waals surface area contributed by atoms with Gasteiger partial charge in [0.05, 0.1) is 13.1 Å². The summed E-state index contributed by atoms with van der Waals surface area (Å²) in [5.74, 6) is 1.72. The smallest absolute Gasteiger partial charge is 0.226 e. The van der Waals surface area contributed by atoms with Gasteiger partial charge in [-0.15, -0.1) is 0 Å². The first-order valence-corrected chi connectivity index (χ1v) is 8.25. The van der Waals surface area contributed by atoms with Crippen molar-refractivity contribution < 1.29 is 9.53 Å². The summed E-state index contributed by atoms with van der Waals surface area (Å²) in [5.41, 5.74) is 1.69. The van der Waals surface area contributed by atoms with Crippen LogP contribution >= 0.6 is 0 Å². The van der Waals surface area contributed by atoms with Gasteiger partial charge in [-0.25, -0.2) is 0 Å². The summed E-state index contributed by atoms with van der Waals surface area (Å²) in [4.78, 5) is 14.4. The maximum Gasteiger partial charge on any atom is 0.226 e. The number of hydrogen-bond acceptors (Lipinski definition) is 2. The maximum atomic E-state index is 12.4. The van der Waals surface area contributed by atoms with Crippen molar-refractivity contribution in [3.8, 4) is 5.75 Å². The lowest BCUT2D eigenvalue weighted by atomic mass is 9.79. The number of rotatable bonds is 4. The summed E-state index contributed by atoms with van der Waals surface area (Å²) in [7, 11) is 0. The van der Waals surface area contributed by atoms with Gasteiger partial charge in [0.25, 0.3) is 0 Å². The Morgan fingerprint density at radius 2 is 2.10 bits per heavy atom. The zero-order chi connectivity index (χ0) is 14.4. The maximum absolute atomic E-state index is 12.4. The van der Waals surface area contributed by atoms with Crippen molar-refractivity contribution in [2.75, 3.05) is 13.1 Å². The monoisotopic (exact) mass is 285 g/mol. The van der Waals surface area contributed by atoms with E-state index >= 15 is 0 Å². The van der Waals surface area contributed by atoms with E-state index in [4.69, 9.17) is 4.74 Å². The van der Waals surface area contributed by atoms with Gasteiger partial charge in [0, 0.05) is 5.92 Å². The van der Waals surface area contributed by atoms with Gasteiger partial charge >= 0.3 is 0 Å². The molecular formula is C18H23NO2. The Hall–Kier alpha value is -1.51. The zero-order valence-electron chi connectivity index (χ0n) is 12.7. The number of nitrogens with zero attached hydrogens (tertiary/aromatic N) is 1. The standard InChI is InChI=1S/C18H23NO2/c1-2-13-6-3-4-7-16(13)21-14-11-19(12-14)17(20)15-10-18(15)8-5-9-18/h3-4,6-7,14-15H,2,5,8-12H2,1H3/t15-/m0/s1. The van der Waals surface area contributed by atoms with Crippen LogP contribution in [-0.2, 0) is 11.2 Å². The molecular weight excluding hydrogens is 262 g/mol. The van der Waals surface area contributed by atoms with E-state index in [1.165, 1.54) is 24.8 Å². The molecule has 3 heteroatoms. The third-order valence-corrected chi connectivity index (χ3v) is 5.64. The first kappa shape index (κ1) is 13.2. The number of para-hydroxylation sites is 1. The lowest BCUT2D eigenvalue weighted by Gasteiger charge is -2.40. The van der Waals surface area contributed by atoms with Crippen molar-refractivity contribution in [3.05, 3.63) is 29.8 Å². The van der Waals surface area contributed by atoms with E-state index in [2.05, 4.69) is 13.0 Å². The van der Waals surface area contributed by atoms with Gasteiger partial charge < -0.3 is 9.64 Å². The van der Waals surface area contributed by atoms with Crippen LogP contribution in [0.1, 0.15) is 38.2 Å². The molecule has 0 radical (unpaired) electrons. The Kier molecular flexibility index (Phi) is 2.98. The molecule has 3 aliphatic rings. The summed E-state index contributed by atoms with van der Waals surface area (Å²) < 4.78 is 6.05. The van der Waals surface area contributed by atoms with Crippen LogP contribution < -0.4 is 4.74 Å². The van der Waals surface area contributed by atoms with E-state index in [9.17, 15) is 4.79 Å². The Bertz CT molecular complexity index is 558. The molecule has 3 nitrogen and oxygen atoms in total. The van der Waals surface area contributed by atoms with Crippen molar-refractivity contribution >= 4 is 5.91 Å². The largest absolute Gasteiger partial charge is 0.486 e. The van der Waals surface area contributed by atoms with Crippen LogP contribution in [0.2, 0.25) is 0 Å². The van der Waals surface area contributed by atoms with Gasteiger partial charge in [-0.2, -0.15) is 0 Å². The molecule has 21 heavy (non-hydrogen) atoms. The number of ether oxygens (including phenoxy) is 1. The molecule has 3 fully saturated rings. The highest BCUT2D eigenvalue weighted by Gasteiger charge is 2.62. The molecule has 1 aromatic carbocycles. The molecule has 0 bridgehead atoms. The van der Waals surface area contributed by atoms with Gasteiger partial charge in [-0.3, -0.25) is 4.79 Å². The number of carbonyl (C=O) groups is 1. The molecule has 0 unspecified atom stereocenters. The van der Waals surface area contributed by atoms with Crippen molar-refractivity contribution in [2.24, 2.45) is 11.3 Å². The molecule has 1 amide bonds. The predicted octanol–water partition coefficient (Wildman–Crippen LogP) is 3.03. The number of benzene rings is 1. The molecule has 1 atom stereocenters. The van der Waals surface area contributed by atoms with Crippen LogP contribution in [0.5, 0.6) is 5.75 Å². The quantitative estimate of drug-likeness (QED) is 0.851. The Labute approximate surface area is 126 Å². The number of hydrogen-bond donors (Lipinski definition) is 0. The van der Waals surface area contributed by atoms with Gasteiger partial charge in [0.15, 0.2) is 0 Å². The van der Waals surface area contributed by atoms with E-state index in [1.54, 1.807) is 0 Å². The van der Waals surface area contributed by atoms with Gasteiger partial charge in [-0.1, -0.05) is 31.5 Å². The van der Waals surface area contributed by atoms with Gasteiger partial charge in [0.2, 0.25) is 5.91 Å². The molecule has 112 valence electrons.